The van der Waals surface area contributed by atoms with Crippen molar-refractivity contribution < 1.29 is 19.1 Å². The van der Waals surface area contributed by atoms with Crippen molar-refractivity contribution in [2.45, 2.75) is 51.0 Å². The Morgan fingerprint density at radius 1 is 1.16 bits per heavy atom. The number of amides is 1. The van der Waals surface area contributed by atoms with Gasteiger partial charge in [-0.25, -0.2) is 0 Å². The molecule has 1 atom stereocenters. The minimum absolute atomic E-state index is 0.0202. The van der Waals surface area contributed by atoms with E-state index in [0.29, 0.717) is 24.5 Å². The predicted octanol–water partition coefficient (Wildman–Crippen LogP) is 4.59. The van der Waals surface area contributed by atoms with Crippen molar-refractivity contribution in [3.8, 4) is 23.3 Å². The summed E-state index contributed by atoms with van der Waals surface area (Å²) in [6, 6.07) is 15.5. The lowest BCUT2D eigenvalue weighted by atomic mass is 9.97. The Labute approximate surface area is 190 Å². The molecule has 1 aliphatic rings. The third-order valence-electron chi connectivity index (χ3n) is 5.69. The van der Waals surface area contributed by atoms with Crippen LogP contribution in [0.3, 0.4) is 0 Å². The summed E-state index contributed by atoms with van der Waals surface area (Å²) >= 11 is 0. The van der Waals surface area contributed by atoms with Crippen LogP contribution in [-0.4, -0.2) is 43.4 Å². The molecule has 5 heteroatoms. The zero-order chi connectivity index (χ0) is 22.8. The molecule has 1 amide bonds. The van der Waals surface area contributed by atoms with Crippen molar-refractivity contribution in [3.05, 3.63) is 59.7 Å². The molecule has 3 rings (SSSR count). The van der Waals surface area contributed by atoms with Crippen LogP contribution in [0.25, 0.3) is 0 Å². The summed E-state index contributed by atoms with van der Waals surface area (Å²) in [6.45, 7) is 2.21. The molecule has 0 spiro atoms. The standard InChI is InChI=1S/C27H31NO4/c1-3-24(30)19-28(20-29)18-23(14-13-21-9-5-4-6-10-21)22-15-16-26(31-2)27(17-22)32-25-11-7-8-12-25/h4-6,9-10,15-17,20,23,25H,3,7-8,11-12,18-19H2,1-2H3. The Kier molecular flexibility index (Phi) is 8.74. The van der Waals surface area contributed by atoms with Crippen LogP contribution in [0.5, 0.6) is 11.5 Å². The Morgan fingerprint density at radius 3 is 2.56 bits per heavy atom. The van der Waals surface area contributed by atoms with Gasteiger partial charge in [0.05, 0.1) is 25.7 Å². The van der Waals surface area contributed by atoms with E-state index in [0.717, 1.165) is 30.4 Å². The van der Waals surface area contributed by atoms with Gasteiger partial charge in [-0.1, -0.05) is 43.0 Å². The van der Waals surface area contributed by atoms with Crippen molar-refractivity contribution in [2.75, 3.05) is 20.2 Å². The summed E-state index contributed by atoms with van der Waals surface area (Å²) in [6.07, 6.45) is 5.76. The van der Waals surface area contributed by atoms with E-state index in [1.165, 1.54) is 17.7 Å². The topological polar surface area (TPSA) is 55.8 Å². The van der Waals surface area contributed by atoms with E-state index in [1.54, 1.807) is 14.0 Å². The Morgan fingerprint density at radius 2 is 1.91 bits per heavy atom. The van der Waals surface area contributed by atoms with Crippen molar-refractivity contribution in [1.29, 1.82) is 0 Å². The number of benzene rings is 2. The van der Waals surface area contributed by atoms with Gasteiger partial charge in [0.25, 0.3) is 0 Å². The van der Waals surface area contributed by atoms with Gasteiger partial charge in [0.15, 0.2) is 17.3 Å². The molecule has 2 aromatic rings. The highest BCUT2D eigenvalue weighted by Gasteiger charge is 2.21. The van der Waals surface area contributed by atoms with Crippen LogP contribution in [0.4, 0.5) is 0 Å². The number of ether oxygens (including phenoxy) is 2. The predicted molar refractivity (Wildman–Crippen MR) is 125 cm³/mol. The number of carbonyl (C=O) groups is 2. The smallest absolute Gasteiger partial charge is 0.210 e. The van der Waals surface area contributed by atoms with Gasteiger partial charge >= 0.3 is 0 Å². The average Bonchev–Trinajstić information content (AvgIpc) is 3.34. The first-order valence-corrected chi connectivity index (χ1v) is 11.2. The van der Waals surface area contributed by atoms with Gasteiger partial charge in [-0.05, 0) is 55.5 Å². The molecule has 0 bridgehead atoms. The van der Waals surface area contributed by atoms with Crippen LogP contribution < -0.4 is 9.47 Å². The number of hydrogen-bond acceptors (Lipinski definition) is 4. The molecular weight excluding hydrogens is 402 g/mol. The summed E-state index contributed by atoms with van der Waals surface area (Å²) in [7, 11) is 1.63. The molecule has 0 N–H and O–H groups in total. The minimum atomic E-state index is -0.276. The number of ketones is 1. The molecule has 0 heterocycles. The van der Waals surface area contributed by atoms with Crippen molar-refractivity contribution >= 4 is 12.2 Å². The lowest BCUT2D eigenvalue weighted by molar-refractivity contribution is -0.126. The molecule has 1 saturated carbocycles. The van der Waals surface area contributed by atoms with Gasteiger partial charge < -0.3 is 14.4 Å². The monoisotopic (exact) mass is 433 g/mol. The van der Waals surface area contributed by atoms with Crippen LogP contribution in [0.2, 0.25) is 0 Å². The molecule has 32 heavy (non-hydrogen) atoms. The maximum atomic E-state index is 11.9. The lowest BCUT2D eigenvalue weighted by Crippen LogP contribution is -2.32. The molecule has 0 aliphatic heterocycles. The number of rotatable bonds is 10. The molecule has 1 aliphatic carbocycles. The fourth-order valence-electron chi connectivity index (χ4n) is 3.83. The summed E-state index contributed by atoms with van der Waals surface area (Å²) in [4.78, 5) is 25.1. The van der Waals surface area contributed by atoms with Crippen LogP contribution in [-0.2, 0) is 9.59 Å². The lowest BCUT2D eigenvalue weighted by Gasteiger charge is -2.22. The molecular formula is C27H31NO4. The molecule has 168 valence electrons. The van der Waals surface area contributed by atoms with Gasteiger partial charge in [0, 0.05) is 18.5 Å². The SMILES string of the molecule is CCC(=O)CN(C=O)CC(C#Cc1ccccc1)c1ccc(OC)c(OC2CCCC2)c1. The molecule has 0 saturated heterocycles. The number of nitrogens with zero attached hydrogens (tertiary/aromatic N) is 1. The largest absolute Gasteiger partial charge is 0.493 e. The number of hydrogen-bond donors (Lipinski definition) is 0. The van der Waals surface area contributed by atoms with E-state index in [9.17, 15) is 9.59 Å². The molecule has 2 aromatic carbocycles. The van der Waals surface area contributed by atoms with Crippen LogP contribution >= 0.6 is 0 Å². The van der Waals surface area contributed by atoms with E-state index >= 15 is 0 Å². The summed E-state index contributed by atoms with van der Waals surface area (Å²) < 4.78 is 11.8. The average molecular weight is 434 g/mol. The van der Waals surface area contributed by atoms with Gasteiger partial charge in [-0.3, -0.25) is 9.59 Å². The van der Waals surface area contributed by atoms with E-state index in [4.69, 9.17) is 9.47 Å². The third-order valence-corrected chi connectivity index (χ3v) is 5.69. The highest BCUT2D eigenvalue weighted by atomic mass is 16.5. The first-order valence-electron chi connectivity index (χ1n) is 11.2. The van der Waals surface area contributed by atoms with E-state index in [1.807, 2.05) is 48.5 Å². The van der Waals surface area contributed by atoms with Crippen LogP contribution in [0.1, 0.15) is 56.1 Å². The number of carbonyl (C=O) groups excluding carboxylic acids is 2. The van der Waals surface area contributed by atoms with Gasteiger partial charge in [-0.2, -0.15) is 0 Å². The van der Waals surface area contributed by atoms with Crippen molar-refractivity contribution in [3.63, 3.8) is 0 Å². The summed E-state index contributed by atoms with van der Waals surface area (Å²) in [5.74, 6) is 7.65. The normalized spacial score (nSPS) is 14.2. The molecule has 0 radical (unpaired) electrons. The third kappa shape index (κ3) is 6.62. The molecule has 0 aromatic heterocycles. The van der Waals surface area contributed by atoms with E-state index in [-0.39, 0.29) is 24.3 Å². The van der Waals surface area contributed by atoms with Gasteiger partial charge in [-0.15, -0.1) is 0 Å². The van der Waals surface area contributed by atoms with Gasteiger partial charge in [0.1, 0.15) is 0 Å². The second-order valence-electron chi connectivity index (χ2n) is 8.05. The highest BCUT2D eigenvalue weighted by molar-refractivity contribution is 5.81. The minimum Gasteiger partial charge on any atom is -0.493 e. The Bertz CT molecular complexity index is 955. The first-order chi connectivity index (χ1) is 15.6. The molecule has 1 unspecified atom stereocenters. The van der Waals surface area contributed by atoms with Crippen molar-refractivity contribution in [1.82, 2.24) is 4.90 Å². The maximum absolute atomic E-state index is 11.9. The second kappa shape index (κ2) is 12.0. The van der Waals surface area contributed by atoms with Crippen molar-refractivity contribution in [2.24, 2.45) is 0 Å². The fraction of sp³-hybridized carbons (Fsp3) is 0.407. The zero-order valence-electron chi connectivity index (χ0n) is 18.9. The molecule has 5 nitrogen and oxygen atoms in total. The van der Waals surface area contributed by atoms with E-state index in [2.05, 4.69) is 11.8 Å². The fourth-order valence-corrected chi connectivity index (χ4v) is 3.83. The van der Waals surface area contributed by atoms with Gasteiger partial charge in [0.2, 0.25) is 6.41 Å². The Hall–Kier alpha value is -3.26. The first kappa shape index (κ1) is 23.4. The van der Waals surface area contributed by atoms with E-state index < -0.39 is 0 Å². The Balaban J connectivity index is 1.91. The summed E-state index contributed by atoms with van der Waals surface area (Å²) in [5, 5.41) is 0. The molecule has 1 fully saturated rings. The maximum Gasteiger partial charge on any atom is 0.210 e. The zero-order valence-corrected chi connectivity index (χ0v) is 18.9. The number of Topliss-reactive ketones (excluding diaryl/α,β-unsaturated/α-hetero) is 1. The van der Waals surface area contributed by atoms with Crippen LogP contribution in [0, 0.1) is 11.8 Å². The summed E-state index contributed by atoms with van der Waals surface area (Å²) in [5.41, 5.74) is 1.83. The highest BCUT2D eigenvalue weighted by Crippen LogP contribution is 2.34. The quantitative estimate of drug-likeness (QED) is 0.406. The van der Waals surface area contributed by atoms with Crippen LogP contribution in [0.15, 0.2) is 48.5 Å². The number of methoxy groups -OCH3 is 1. The second-order valence-corrected chi connectivity index (χ2v) is 8.05.